The molecule has 1 aliphatic rings. The van der Waals surface area contributed by atoms with Crippen molar-refractivity contribution in [1.29, 1.82) is 0 Å². The molecule has 0 spiro atoms. The number of ether oxygens (including phenoxy) is 1. The average Bonchev–Trinajstić information content (AvgIpc) is 2.90. The van der Waals surface area contributed by atoms with Gasteiger partial charge in [-0.05, 0) is 48.0 Å². The molecule has 1 amide bonds. The summed E-state index contributed by atoms with van der Waals surface area (Å²) in [7, 11) is 1.61. The van der Waals surface area contributed by atoms with E-state index >= 15 is 0 Å². The van der Waals surface area contributed by atoms with Crippen molar-refractivity contribution in [2.75, 3.05) is 7.11 Å². The second-order valence-electron chi connectivity index (χ2n) is 4.72. The molecule has 1 N–H and O–H groups in total. The lowest BCUT2D eigenvalue weighted by Crippen LogP contribution is -2.24. The molecule has 5 heteroatoms. The molecule has 2 aromatic rings. The third-order valence-electron chi connectivity index (χ3n) is 3.23. The molecule has 4 nitrogen and oxygen atoms in total. The van der Waals surface area contributed by atoms with E-state index in [1.54, 1.807) is 25.3 Å². The standard InChI is InChI=1S/C17H13ClN2O2/c1-22-14-8-2-11(3-9-14)10-15-17(21)20-16(19-15)12-4-6-13(18)7-5-12/h2-10H,1H3,(H,19,20,21). The van der Waals surface area contributed by atoms with E-state index in [2.05, 4.69) is 10.3 Å². The predicted octanol–water partition coefficient (Wildman–Crippen LogP) is 3.27. The van der Waals surface area contributed by atoms with Gasteiger partial charge >= 0.3 is 0 Å². The van der Waals surface area contributed by atoms with Gasteiger partial charge in [-0.2, -0.15) is 0 Å². The van der Waals surface area contributed by atoms with Crippen molar-refractivity contribution in [3.8, 4) is 5.75 Å². The van der Waals surface area contributed by atoms with Crippen molar-refractivity contribution in [2.24, 2.45) is 4.99 Å². The Hall–Kier alpha value is -2.59. The summed E-state index contributed by atoms with van der Waals surface area (Å²) in [6.45, 7) is 0. The van der Waals surface area contributed by atoms with E-state index in [4.69, 9.17) is 16.3 Å². The summed E-state index contributed by atoms with van der Waals surface area (Å²) in [5.41, 5.74) is 2.07. The lowest BCUT2D eigenvalue weighted by atomic mass is 10.2. The van der Waals surface area contributed by atoms with Crippen LogP contribution in [0.15, 0.2) is 59.2 Å². The maximum absolute atomic E-state index is 12.0. The second-order valence-corrected chi connectivity index (χ2v) is 5.16. The first-order valence-corrected chi connectivity index (χ1v) is 7.05. The Morgan fingerprint density at radius 2 is 1.77 bits per heavy atom. The monoisotopic (exact) mass is 312 g/mol. The minimum Gasteiger partial charge on any atom is -0.497 e. The van der Waals surface area contributed by atoms with Gasteiger partial charge in [-0.25, -0.2) is 4.99 Å². The third kappa shape index (κ3) is 3.02. The average molecular weight is 313 g/mol. The SMILES string of the molecule is COc1ccc(C=C2N=C(c3ccc(Cl)cc3)NC2=O)cc1. The number of amidine groups is 1. The van der Waals surface area contributed by atoms with Gasteiger partial charge in [0, 0.05) is 10.6 Å². The normalized spacial score (nSPS) is 15.6. The first kappa shape index (κ1) is 14.4. The zero-order chi connectivity index (χ0) is 15.5. The highest BCUT2D eigenvalue weighted by molar-refractivity contribution is 6.30. The van der Waals surface area contributed by atoms with Gasteiger partial charge in [0.15, 0.2) is 0 Å². The minimum atomic E-state index is -0.222. The Morgan fingerprint density at radius 3 is 2.41 bits per heavy atom. The predicted molar refractivity (Wildman–Crippen MR) is 87.1 cm³/mol. The molecule has 0 unspecified atom stereocenters. The molecule has 0 fully saturated rings. The number of rotatable bonds is 3. The fourth-order valence-electron chi connectivity index (χ4n) is 2.07. The maximum atomic E-state index is 12.0. The number of nitrogens with one attached hydrogen (secondary N) is 1. The number of hydrogen-bond acceptors (Lipinski definition) is 3. The number of methoxy groups -OCH3 is 1. The molecule has 0 bridgehead atoms. The molecule has 2 aromatic carbocycles. The summed E-state index contributed by atoms with van der Waals surface area (Å²) in [4.78, 5) is 16.4. The van der Waals surface area contributed by atoms with Gasteiger partial charge in [0.2, 0.25) is 0 Å². The van der Waals surface area contributed by atoms with Crippen LogP contribution in [0.3, 0.4) is 0 Å². The van der Waals surface area contributed by atoms with Crippen molar-refractivity contribution in [3.05, 3.63) is 70.4 Å². The van der Waals surface area contributed by atoms with Crippen molar-refractivity contribution < 1.29 is 9.53 Å². The number of hydrogen-bond donors (Lipinski definition) is 1. The molecule has 1 heterocycles. The summed E-state index contributed by atoms with van der Waals surface area (Å²) in [5, 5.41) is 3.40. The van der Waals surface area contributed by atoms with Crippen LogP contribution >= 0.6 is 11.6 Å². The molecule has 22 heavy (non-hydrogen) atoms. The van der Waals surface area contributed by atoms with E-state index in [0.29, 0.717) is 16.6 Å². The van der Waals surface area contributed by atoms with E-state index in [-0.39, 0.29) is 5.91 Å². The van der Waals surface area contributed by atoms with Crippen LogP contribution < -0.4 is 10.1 Å². The summed E-state index contributed by atoms with van der Waals surface area (Å²) in [6.07, 6.45) is 1.73. The van der Waals surface area contributed by atoms with Crippen molar-refractivity contribution in [3.63, 3.8) is 0 Å². The molecule has 0 aliphatic carbocycles. The topological polar surface area (TPSA) is 50.7 Å². The second kappa shape index (κ2) is 6.03. The largest absolute Gasteiger partial charge is 0.497 e. The highest BCUT2D eigenvalue weighted by Gasteiger charge is 2.20. The van der Waals surface area contributed by atoms with Crippen molar-refractivity contribution in [1.82, 2.24) is 5.32 Å². The molecule has 0 atom stereocenters. The smallest absolute Gasteiger partial charge is 0.275 e. The first-order valence-electron chi connectivity index (χ1n) is 6.67. The number of nitrogens with zero attached hydrogens (tertiary/aromatic N) is 1. The molecule has 3 rings (SSSR count). The lowest BCUT2D eigenvalue weighted by Gasteiger charge is -1.99. The lowest BCUT2D eigenvalue weighted by molar-refractivity contribution is -0.115. The summed E-state index contributed by atoms with van der Waals surface area (Å²) >= 11 is 5.86. The number of benzene rings is 2. The summed E-state index contributed by atoms with van der Waals surface area (Å²) in [6, 6.07) is 14.6. The van der Waals surface area contributed by atoms with Gasteiger partial charge < -0.3 is 10.1 Å². The molecule has 110 valence electrons. The van der Waals surface area contributed by atoms with Crippen molar-refractivity contribution >= 4 is 29.4 Å². The van der Waals surface area contributed by atoms with E-state index in [1.165, 1.54) is 0 Å². The number of amides is 1. The first-order chi connectivity index (χ1) is 10.7. The van der Waals surface area contributed by atoms with E-state index in [9.17, 15) is 4.79 Å². The molecular weight excluding hydrogens is 300 g/mol. The molecule has 1 aliphatic heterocycles. The van der Waals surface area contributed by atoms with Gasteiger partial charge in [-0.15, -0.1) is 0 Å². The number of halogens is 1. The molecule has 0 saturated heterocycles. The van der Waals surface area contributed by atoms with Crippen LogP contribution in [-0.4, -0.2) is 18.9 Å². The fraction of sp³-hybridized carbons (Fsp3) is 0.0588. The molecular formula is C17H13ClN2O2. The van der Waals surface area contributed by atoms with Crippen LogP contribution in [0.25, 0.3) is 6.08 Å². The summed E-state index contributed by atoms with van der Waals surface area (Å²) < 4.78 is 5.11. The van der Waals surface area contributed by atoms with Gasteiger partial charge in [0.25, 0.3) is 5.91 Å². The highest BCUT2D eigenvalue weighted by Crippen LogP contribution is 2.18. The zero-order valence-electron chi connectivity index (χ0n) is 11.8. The Balaban J connectivity index is 1.88. The Bertz CT molecular complexity index is 762. The van der Waals surface area contributed by atoms with Crippen LogP contribution in [0.2, 0.25) is 5.02 Å². The van der Waals surface area contributed by atoms with E-state index in [1.807, 2.05) is 36.4 Å². The number of carbonyl (C=O) groups excluding carboxylic acids is 1. The fourth-order valence-corrected chi connectivity index (χ4v) is 2.20. The zero-order valence-corrected chi connectivity index (χ0v) is 12.6. The van der Waals surface area contributed by atoms with Crippen LogP contribution in [0.4, 0.5) is 0 Å². The number of aliphatic imine (C=N–C) groups is 1. The maximum Gasteiger partial charge on any atom is 0.275 e. The van der Waals surface area contributed by atoms with E-state index in [0.717, 1.165) is 16.9 Å². The van der Waals surface area contributed by atoms with Crippen molar-refractivity contribution in [2.45, 2.75) is 0 Å². The van der Waals surface area contributed by atoms with Gasteiger partial charge in [-0.1, -0.05) is 23.7 Å². The Morgan fingerprint density at radius 1 is 1.09 bits per heavy atom. The molecule has 0 radical (unpaired) electrons. The Kier molecular flexibility index (Phi) is 3.94. The van der Waals surface area contributed by atoms with E-state index < -0.39 is 0 Å². The quantitative estimate of drug-likeness (QED) is 0.884. The van der Waals surface area contributed by atoms with Gasteiger partial charge in [0.1, 0.15) is 17.3 Å². The van der Waals surface area contributed by atoms with Crippen LogP contribution in [-0.2, 0) is 4.79 Å². The van der Waals surface area contributed by atoms with Gasteiger partial charge in [-0.3, -0.25) is 4.79 Å². The van der Waals surface area contributed by atoms with Crippen LogP contribution in [0.1, 0.15) is 11.1 Å². The van der Waals surface area contributed by atoms with Crippen LogP contribution in [0, 0.1) is 0 Å². The third-order valence-corrected chi connectivity index (χ3v) is 3.49. The minimum absolute atomic E-state index is 0.222. The highest BCUT2D eigenvalue weighted by atomic mass is 35.5. The summed E-state index contributed by atoms with van der Waals surface area (Å²) in [5.74, 6) is 1.07. The number of carbonyl (C=O) groups is 1. The van der Waals surface area contributed by atoms with Crippen LogP contribution in [0.5, 0.6) is 5.75 Å². The van der Waals surface area contributed by atoms with Gasteiger partial charge in [0.05, 0.1) is 7.11 Å². The Labute approximate surface area is 133 Å². The molecule has 0 saturated carbocycles. The molecule has 0 aromatic heterocycles.